The first-order chi connectivity index (χ1) is 14.8. The summed E-state index contributed by atoms with van der Waals surface area (Å²) in [4.78, 5) is 26.4. The SMILES string of the molecule is Cc1noc(C)c1S(=O)(=O)N1CCC(C(=O)Nc2cccc(-c3noc(=O)[nH]3)c2)CC1. The summed E-state index contributed by atoms with van der Waals surface area (Å²) in [6.07, 6.45) is 0.787. The average molecular weight is 447 g/mol. The molecule has 0 saturated carbocycles. The van der Waals surface area contributed by atoms with Crippen molar-refractivity contribution in [2.24, 2.45) is 5.92 Å². The van der Waals surface area contributed by atoms with Crippen molar-refractivity contribution in [3.8, 4) is 11.4 Å². The second-order valence-corrected chi connectivity index (χ2v) is 9.22. The highest BCUT2D eigenvalue weighted by molar-refractivity contribution is 7.89. The number of amides is 1. The minimum Gasteiger partial charge on any atom is -0.360 e. The van der Waals surface area contributed by atoms with E-state index < -0.39 is 15.8 Å². The highest BCUT2D eigenvalue weighted by Crippen LogP contribution is 2.28. The number of nitrogens with zero attached hydrogens (tertiary/aromatic N) is 3. The Morgan fingerprint density at radius 2 is 1.94 bits per heavy atom. The number of H-pyrrole nitrogens is 1. The molecule has 2 N–H and O–H groups in total. The third kappa shape index (κ3) is 4.16. The van der Waals surface area contributed by atoms with E-state index in [2.05, 4.69) is 25.1 Å². The van der Waals surface area contributed by atoms with Gasteiger partial charge in [0.1, 0.15) is 10.6 Å². The van der Waals surface area contributed by atoms with Crippen LogP contribution in [-0.2, 0) is 14.8 Å². The fourth-order valence-corrected chi connectivity index (χ4v) is 5.43. The summed E-state index contributed by atoms with van der Waals surface area (Å²) in [5.41, 5.74) is 1.45. The number of aromatic nitrogens is 3. The van der Waals surface area contributed by atoms with Crippen LogP contribution in [0.3, 0.4) is 0 Å². The van der Waals surface area contributed by atoms with E-state index in [0.717, 1.165) is 0 Å². The van der Waals surface area contributed by atoms with Gasteiger partial charge in [0, 0.05) is 30.3 Å². The molecule has 0 radical (unpaired) electrons. The van der Waals surface area contributed by atoms with Crippen LogP contribution in [-0.4, -0.2) is 47.0 Å². The van der Waals surface area contributed by atoms with Gasteiger partial charge in [-0.1, -0.05) is 22.4 Å². The molecule has 0 bridgehead atoms. The largest absolute Gasteiger partial charge is 0.439 e. The predicted molar refractivity (Wildman–Crippen MR) is 109 cm³/mol. The summed E-state index contributed by atoms with van der Waals surface area (Å²) in [5.74, 6) is -0.667. The average Bonchev–Trinajstić information content (AvgIpc) is 3.33. The Morgan fingerprint density at radius 1 is 1.19 bits per heavy atom. The van der Waals surface area contributed by atoms with Gasteiger partial charge in [-0.25, -0.2) is 13.2 Å². The minimum absolute atomic E-state index is 0.0955. The number of sulfonamides is 1. The van der Waals surface area contributed by atoms with Crippen LogP contribution in [0.15, 0.2) is 43.0 Å². The molecule has 3 aromatic rings. The van der Waals surface area contributed by atoms with E-state index in [-0.39, 0.29) is 41.4 Å². The number of hydrogen-bond acceptors (Lipinski definition) is 8. The van der Waals surface area contributed by atoms with Crippen molar-refractivity contribution in [3.63, 3.8) is 0 Å². The number of aromatic amines is 1. The summed E-state index contributed by atoms with van der Waals surface area (Å²) in [7, 11) is -3.72. The summed E-state index contributed by atoms with van der Waals surface area (Å²) >= 11 is 0. The van der Waals surface area contributed by atoms with Crippen molar-refractivity contribution in [1.82, 2.24) is 19.6 Å². The number of anilines is 1. The van der Waals surface area contributed by atoms with E-state index in [9.17, 15) is 18.0 Å². The van der Waals surface area contributed by atoms with Crippen LogP contribution in [0.2, 0.25) is 0 Å². The lowest BCUT2D eigenvalue weighted by Gasteiger charge is -2.30. The molecule has 1 aliphatic heterocycles. The molecule has 11 nitrogen and oxygen atoms in total. The van der Waals surface area contributed by atoms with Gasteiger partial charge in [-0.2, -0.15) is 4.31 Å². The van der Waals surface area contributed by atoms with E-state index >= 15 is 0 Å². The zero-order valence-electron chi connectivity index (χ0n) is 16.9. The lowest BCUT2D eigenvalue weighted by atomic mass is 9.97. The standard InChI is InChI=1S/C19H21N5O6S/c1-11-16(12(2)29-22-11)31(27,28)24-8-6-13(7-9-24)18(25)20-15-5-3-4-14(10-15)17-21-19(26)30-23-17/h3-5,10,13H,6-9H2,1-2H3,(H,20,25)(H,21,23,26). The molecule has 12 heteroatoms. The fraction of sp³-hybridized carbons (Fsp3) is 0.368. The summed E-state index contributed by atoms with van der Waals surface area (Å²) in [5, 5.41) is 10.2. The van der Waals surface area contributed by atoms with Gasteiger partial charge in [-0.3, -0.25) is 14.3 Å². The molecule has 1 aliphatic rings. The molecule has 0 atom stereocenters. The Morgan fingerprint density at radius 3 is 2.55 bits per heavy atom. The number of carbonyl (C=O) groups is 1. The van der Waals surface area contributed by atoms with Crippen LogP contribution in [0, 0.1) is 19.8 Å². The topological polar surface area (TPSA) is 151 Å². The lowest BCUT2D eigenvalue weighted by molar-refractivity contribution is -0.120. The molecule has 3 heterocycles. The number of nitrogens with one attached hydrogen (secondary N) is 2. The molecule has 2 aromatic heterocycles. The Labute approximate surface area is 177 Å². The Bertz CT molecular complexity index is 1250. The molecule has 164 valence electrons. The highest BCUT2D eigenvalue weighted by Gasteiger charge is 2.35. The monoisotopic (exact) mass is 447 g/mol. The third-order valence-electron chi connectivity index (χ3n) is 5.23. The molecule has 1 aromatic carbocycles. The third-order valence-corrected chi connectivity index (χ3v) is 7.38. The molecular formula is C19H21N5O6S. The number of carbonyl (C=O) groups excluding carboxylic acids is 1. The van der Waals surface area contributed by atoms with Gasteiger partial charge < -0.3 is 9.84 Å². The Hall–Kier alpha value is -3.25. The van der Waals surface area contributed by atoms with E-state index in [0.29, 0.717) is 29.8 Å². The van der Waals surface area contributed by atoms with E-state index in [1.54, 1.807) is 38.1 Å². The molecule has 0 spiro atoms. The predicted octanol–water partition coefficient (Wildman–Crippen LogP) is 1.67. The maximum absolute atomic E-state index is 12.9. The van der Waals surface area contributed by atoms with Crippen LogP contribution in [0.4, 0.5) is 5.69 Å². The van der Waals surface area contributed by atoms with Crippen molar-refractivity contribution < 1.29 is 22.3 Å². The molecule has 0 aliphatic carbocycles. The van der Waals surface area contributed by atoms with Gasteiger partial charge in [0.15, 0.2) is 11.6 Å². The quantitative estimate of drug-likeness (QED) is 0.599. The van der Waals surface area contributed by atoms with Gasteiger partial charge >= 0.3 is 5.76 Å². The molecule has 1 saturated heterocycles. The Balaban J connectivity index is 1.41. The Kier molecular flexibility index (Phi) is 5.50. The van der Waals surface area contributed by atoms with Crippen molar-refractivity contribution in [1.29, 1.82) is 0 Å². The first-order valence-corrected chi connectivity index (χ1v) is 11.1. The van der Waals surface area contributed by atoms with Crippen molar-refractivity contribution in [3.05, 3.63) is 46.3 Å². The van der Waals surface area contributed by atoms with Crippen molar-refractivity contribution >= 4 is 21.6 Å². The van der Waals surface area contributed by atoms with Gasteiger partial charge in [0.25, 0.3) is 0 Å². The lowest BCUT2D eigenvalue weighted by Crippen LogP contribution is -2.41. The number of aryl methyl sites for hydroxylation is 2. The second kappa shape index (κ2) is 8.12. The molecule has 31 heavy (non-hydrogen) atoms. The molecule has 1 fully saturated rings. The molecule has 1 amide bonds. The second-order valence-electron chi connectivity index (χ2n) is 7.35. The van der Waals surface area contributed by atoms with Gasteiger partial charge in [-0.15, -0.1) is 0 Å². The van der Waals surface area contributed by atoms with Gasteiger partial charge in [-0.05, 0) is 38.8 Å². The summed E-state index contributed by atoms with van der Waals surface area (Å²) in [6, 6.07) is 6.83. The number of piperidine rings is 1. The minimum atomic E-state index is -3.72. The number of hydrogen-bond donors (Lipinski definition) is 2. The molecule has 0 unspecified atom stereocenters. The van der Waals surface area contributed by atoms with E-state index in [1.165, 1.54) is 4.31 Å². The first-order valence-electron chi connectivity index (χ1n) is 9.66. The van der Waals surface area contributed by atoms with Crippen LogP contribution >= 0.6 is 0 Å². The zero-order chi connectivity index (χ0) is 22.2. The number of benzene rings is 1. The fourth-order valence-electron chi connectivity index (χ4n) is 3.67. The summed E-state index contributed by atoms with van der Waals surface area (Å²) < 4.78 is 36.7. The van der Waals surface area contributed by atoms with Gasteiger partial charge in [0.05, 0.1) is 0 Å². The maximum Gasteiger partial charge on any atom is 0.439 e. The van der Waals surface area contributed by atoms with Crippen molar-refractivity contribution in [2.75, 3.05) is 18.4 Å². The van der Waals surface area contributed by atoms with Crippen LogP contribution in [0.5, 0.6) is 0 Å². The maximum atomic E-state index is 12.9. The zero-order valence-corrected chi connectivity index (χ0v) is 17.7. The van der Waals surface area contributed by atoms with Crippen LogP contribution in [0.25, 0.3) is 11.4 Å². The normalized spacial score (nSPS) is 15.8. The first kappa shape index (κ1) is 21.0. The molecular weight excluding hydrogens is 426 g/mol. The van der Waals surface area contributed by atoms with E-state index in [1.807, 2.05) is 0 Å². The van der Waals surface area contributed by atoms with E-state index in [4.69, 9.17) is 4.52 Å². The van der Waals surface area contributed by atoms with Gasteiger partial charge in [0.2, 0.25) is 15.9 Å². The van der Waals surface area contributed by atoms with Crippen LogP contribution in [0.1, 0.15) is 24.3 Å². The van der Waals surface area contributed by atoms with Crippen LogP contribution < -0.4 is 11.1 Å². The highest BCUT2D eigenvalue weighted by atomic mass is 32.2. The summed E-state index contributed by atoms with van der Waals surface area (Å²) in [6.45, 7) is 3.61. The van der Waals surface area contributed by atoms with Crippen molar-refractivity contribution in [2.45, 2.75) is 31.6 Å². The molecule has 4 rings (SSSR count). The number of rotatable bonds is 5. The smallest absolute Gasteiger partial charge is 0.360 e.